The summed E-state index contributed by atoms with van der Waals surface area (Å²) in [5, 5.41) is 2.97. The number of carbonyl (C=O) groups is 1. The van der Waals surface area contributed by atoms with Crippen LogP contribution in [-0.4, -0.2) is 23.7 Å². The molecule has 8 heteroatoms. The highest BCUT2D eigenvalue weighted by atomic mass is 32.1. The Hall–Kier alpha value is -4.69. The van der Waals surface area contributed by atoms with Crippen LogP contribution >= 0.6 is 11.3 Å². The lowest BCUT2D eigenvalue weighted by atomic mass is 9.95. The molecule has 7 nitrogen and oxygen atoms in total. The molecular weight excluding hydrogens is 522 g/mol. The van der Waals surface area contributed by atoms with Crippen LogP contribution in [0.1, 0.15) is 31.0 Å². The molecule has 40 heavy (non-hydrogen) atoms. The van der Waals surface area contributed by atoms with E-state index in [1.165, 1.54) is 11.3 Å². The van der Waals surface area contributed by atoms with E-state index >= 15 is 0 Å². The molecule has 0 unspecified atom stereocenters. The molecule has 4 aromatic rings. The summed E-state index contributed by atoms with van der Waals surface area (Å²) in [6.07, 6.45) is 3.50. The van der Waals surface area contributed by atoms with Crippen molar-refractivity contribution in [1.29, 1.82) is 0 Å². The average Bonchev–Trinajstić information content (AvgIpc) is 3.26. The van der Waals surface area contributed by atoms with E-state index in [1.54, 1.807) is 17.6 Å². The summed E-state index contributed by atoms with van der Waals surface area (Å²) < 4.78 is 13.4. The smallest absolute Gasteiger partial charge is 0.271 e. The molecule has 0 saturated heterocycles. The predicted octanol–water partition coefficient (Wildman–Crippen LogP) is 4.84. The van der Waals surface area contributed by atoms with Crippen LogP contribution in [0.3, 0.4) is 0 Å². The van der Waals surface area contributed by atoms with Crippen LogP contribution in [0.25, 0.3) is 6.08 Å². The Balaban J connectivity index is 1.62. The normalized spacial score (nSPS) is 14.8. The molecular formula is C32H29N3O4S. The summed E-state index contributed by atoms with van der Waals surface area (Å²) in [5.41, 5.74) is 3.00. The lowest BCUT2D eigenvalue weighted by Crippen LogP contribution is -2.40. The Bertz CT molecular complexity index is 1750. The third-order valence-electron chi connectivity index (χ3n) is 6.33. The van der Waals surface area contributed by atoms with Crippen molar-refractivity contribution in [2.24, 2.45) is 4.99 Å². The number of nitrogens with one attached hydrogen (secondary N) is 1. The number of benzene rings is 3. The summed E-state index contributed by atoms with van der Waals surface area (Å²) in [4.78, 5) is 32.8. The first kappa shape index (κ1) is 26.9. The number of allylic oxidation sites excluding steroid dienone is 1. The Morgan fingerprint density at radius 1 is 1.05 bits per heavy atom. The van der Waals surface area contributed by atoms with E-state index < -0.39 is 6.04 Å². The highest BCUT2D eigenvalue weighted by Crippen LogP contribution is 2.31. The van der Waals surface area contributed by atoms with Gasteiger partial charge in [-0.2, -0.15) is 0 Å². The maximum atomic E-state index is 13.9. The maximum Gasteiger partial charge on any atom is 0.271 e. The molecule has 1 aromatic heterocycles. The minimum atomic E-state index is -0.667. The Labute approximate surface area is 236 Å². The van der Waals surface area contributed by atoms with Gasteiger partial charge in [-0.3, -0.25) is 14.2 Å². The van der Waals surface area contributed by atoms with Crippen molar-refractivity contribution in [3.8, 4) is 11.5 Å². The molecule has 2 heterocycles. The van der Waals surface area contributed by atoms with Gasteiger partial charge in [-0.15, -0.1) is 0 Å². The van der Waals surface area contributed by atoms with Gasteiger partial charge in [0.25, 0.3) is 11.5 Å². The number of aromatic nitrogens is 1. The number of anilines is 1. The molecule has 0 aliphatic carbocycles. The molecule has 1 N–H and O–H groups in total. The molecule has 5 rings (SSSR count). The zero-order valence-electron chi connectivity index (χ0n) is 22.3. The molecule has 0 spiro atoms. The van der Waals surface area contributed by atoms with Crippen molar-refractivity contribution in [2.75, 3.05) is 18.5 Å². The minimum absolute atomic E-state index is 0.224. The van der Waals surface area contributed by atoms with E-state index in [-0.39, 0.29) is 11.5 Å². The van der Waals surface area contributed by atoms with E-state index in [9.17, 15) is 9.59 Å². The van der Waals surface area contributed by atoms with Crippen molar-refractivity contribution in [3.05, 3.63) is 134 Å². The number of amides is 1. The van der Waals surface area contributed by atoms with Crippen molar-refractivity contribution in [2.45, 2.75) is 19.9 Å². The lowest BCUT2D eigenvalue weighted by Gasteiger charge is -2.25. The second kappa shape index (κ2) is 12.0. The van der Waals surface area contributed by atoms with Crippen LogP contribution in [0, 0.1) is 0 Å². The highest BCUT2D eigenvalue weighted by Gasteiger charge is 2.32. The van der Waals surface area contributed by atoms with Crippen LogP contribution in [0.2, 0.25) is 0 Å². The zero-order valence-corrected chi connectivity index (χ0v) is 23.1. The number of ether oxygens (including phenoxy) is 2. The van der Waals surface area contributed by atoms with Gasteiger partial charge in [0.05, 0.1) is 28.5 Å². The van der Waals surface area contributed by atoms with Crippen LogP contribution in [0.15, 0.2) is 113 Å². The summed E-state index contributed by atoms with van der Waals surface area (Å²) in [6.45, 7) is 8.34. The fraction of sp³-hybridized carbons (Fsp3) is 0.156. The largest absolute Gasteiger partial charge is 0.494 e. The Morgan fingerprint density at radius 3 is 2.55 bits per heavy atom. The van der Waals surface area contributed by atoms with E-state index in [0.29, 0.717) is 51.0 Å². The van der Waals surface area contributed by atoms with E-state index in [4.69, 9.17) is 14.5 Å². The standard InChI is InChI=1S/C32H29N3O4S/c1-4-18-39-26-13-9-10-22(19-26)20-27-31(37)35-29(23-14-16-25(17-15-23)38-5-2)28(21(3)33-32(35)40-27)30(36)34-24-11-7-6-8-12-24/h4,6-17,19-20,29H,1,5,18H2,2-3H3,(H,34,36)/b27-20-/t29-/m1/s1. The minimum Gasteiger partial charge on any atom is -0.494 e. The molecule has 3 aromatic carbocycles. The second-order valence-corrected chi connectivity index (χ2v) is 10.1. The highest BCUT2D eigenvalue weighted by molar-refractivity contribution is 7.07. The average molecular weight is 552 g/mol. The van der Waals surface area contributed by atoms with Gasteiger partial charge in [0.15, 0.2) is 4.80 Å². The topological polar surface area (TPSA) is 81.9 Å². The van der Waals surface area contributed by atoms with Gasteiger partial charge in [0.2, 0.25) is 0 Å². The van der Waals surface area contributed by atoms with Crippen molar-refractivity contribution in [1.82, 2.24) is 4.57 Å². The molecule has 1 atom stereocenters. The number of carbonyl (C=O) groups excluding carboxylic acids is 1. The van der Waals surface area contributed by atoms with Crippen LogP contribution in [0.4, 0.5) is 5.69 Å². The number of fused-ring (bicyclic) bond motifs is 1. The summed E-state index contributed by atoms with van der Waals surface area (Å²) >= 11 is 1.29. The monoisotopic (exact) mass is 551 g/mol. The fourth-order valence-electron chi connectivity index (χ4n) is 4.56. The fourth-order valence-corrected chi connectivity index (χ4v) is 5.61. The zero-order chi connectivity index (χ0) is 28.1. The first-order valence-corrected chi connectivity index (χ1v) is 13.8. The summed E-state index contributed by atoms with van der Waals surface area (Å²) in [5.74, 6) is 1.09. The number of para-hydroxylation sites is 1. The first-order valence-electron chi connectivity index (χ1n) is 12.9. The van der Waals surface area contributed by atoms with Crippen molar-refractivity contribution >= 4 is 29.0 Å². The molecule has 202 valence electrons. The number of thiazole rings is 1. The first-order chi connectivity index (χ1) is 19.5. The van der Waals surface area contributed by atoms with Gasteiger partial charge in [0, 0.05) is 5.69 Å². The van der Waals surface area contributed by atoms with Gasteiger partial charge in [-0.25, -0.2) is 4.99 Å². The quantitative estimate of drug-likeness (QED) is 0.302. The summed E-state index contributed by atoms with van der Waals surface area (Å²) in [6, 6.07) is 23.6. The molecule has 1 amide bonds. The number of hydrogen-bond acceptors (Lipinski definition) is 6. The molecule has 0 fully saturated rings. The van der Waals surface area contributed by atoms with Gasteiger partial charge in [0.1, 0.15) is 18.1 Å². The van der Waals surface area contributed by atoms with Crippen LogP contribution in [0.5, 0.6) is 11.5 Å². The number of nitrogens with zero attached hydrogens (tertiary/aromatic N) is 2. The Morgan fingerprint density at radius 2 is 1.82 bits per heavy atom. The molecule has 0 saturated carbocycles. The van der Waals surface area contributed by atoms with Gasteiger partial charge >= 0.3 is 0 Å². The molecule has 0 radical (unpaired) electrons. The van der Waals surface area contributed by atoms with Gasteiger partial charge < -0.3 is 14.8 Å². The summed E-state index contributed by atoms with van der Waals surface area (Å²) in [7, 11) is 0. The third kappa shape index (κ3) is 5.67. The van der Waals surface area contributed by atoms with Gasteiger partial charge in [-0.1, -0.05) is 66.5 Å². The SMILES string of the molecule is C=CCOc1cccc(/C=c2\sc3n(c2=O)[C@H](c2ccc(OCC)cc2)C(C(=O)Nc2ccccc2)=C(C)N=3)c1. The van der Waals surface area contributed by atoms with E-state index in [1.807, 2.05) is 91.9 Å². The van der Waals surface area contributed by atoms with Crippen LogP contribution < -0.4 is 29.7 Å². The molecule has 1 aliphatic heterocycles. The van der Waals surface area contributed by atoms with Crippen molar-refractivity contribution in [3.63, 3.8) is 0 Å². The molecule has 1 aliphatic rings. The Kier molecular flexibility index (Phi) is 8.07. The third-order valence-corrected chi connectivity index (χ3v) is 7.31. The lowest BCUT2D eigenvalue weighted by molar-refractivity contribution is -0.113. The van der Waals surface area contributed by atoms with E-state index in [0.717, 1.165) is 11.1 Å². The van der Waals surface area contributed by atoms with E-state index in [2.05, 4.69) is 11.9 Å². The van der Waals surface area contributed by atoms with Crippen molar-refractivity contribution < 1.29 is 14.3 Å². The number of rotatable bonds is 9. The maximum absolute atomic E-state index is 13.9. The second-order valence-electron chi connectivity index (χ2n) is 9.08. The van der Waals surface area contributed by atoms with Gasteiger partial charge in [-0.05, 0) is 67.4 Å². The molecule has 0 bridgehead atoms. The predicted molar refractivity (Wildman–Crippen MR) is 159 cm³/mol. The number of hydrogen-bond donors (Lipinski definition) is 1. The van der Waals surface area contributed by atoms with Crippen LogP contribution in [-0.2, 0) is 4.79 Å².